The molecule has 0 aliphatic carbocycles. The molecule has 3 N–H and O–H groups in total. The molecule has 0 heterocycles. The summed E-state index contributed by atoms with van der Waals surface area (Å²) in [5.74, 6) is -1.20. The van der Waals surface area contributed by atoms with Crippen LogP contribution < -0.4 is 5.32 Å². The average Bonchev–Trinajstić information content (AvgIpc) is 2.00. The number of nitrogens with one attached hydrogen (secondary N) is 2. The maximum Gasteiger partial charge on any atom is 0.353 e. The summed E-state index contributed by atoms with van der Waals surface area (Å²) >= 11 is 0. The van der Waals surface area contributed by atoms with E-state index in [2.05, 4.69) is 5.32 Å². The summed E-state index contributed by atoms with van der Waals surface area (Å²) in [6, 6.07) is 0. The number of carboxylic acids is 1. The molecule has 14 heavy (non-hydrogen) atoms. The van der Waals surface area contributed by atoms with Gasteiger partial charge in [0.1, 0.15) is 5.71 Å². The minimum atomic E-state index is -1.20. The summed E-state index contributed by atoms with van der Waals surface area (Å²) in [7, 11) is 0. The quantitative estimate of drug-likeness (QED) is 0.603. The highest BCUT2D eigenvalue weighted by atomic mass is 16.4. The van der Waals surface area contributed by atoms with E-state index in [0.29, 0.717) is 6.42 Å². The van der Waals surface area contributed by atoms with Gasteiger partial charge in [0, 0.05) is 11.2 Å². The monoisotopic (exact) mass is 198 g/mol. The molecule has 0 aliphatic heterocycles. The summed E-state index contributed by atoms with van der Waals surface area (Å²) in [6.45, 7) is 7.88. The Hall–Kier alpha value is -1.32. The summed E-state index contributed by atoms with van der Waals surface area (Å²) < 4.78 is 0. The molecule has 0 aromatic rings. The highest BCUT2D eigenvalue weighted by molar-refractivity contribution is 6.39. The van der Waals surface area contributed by atoms with Crippen molar-refractivity contribution in [3.05, 3.63) is 11.8 Å². The molecule has 80 valence electrons. The Balaban J connectivity index is 4.57. The fourth-order valence-corrected chi connectivity index (χ4v) is 0.944. The van der Waals surface area contributed by atoms with E-state index in [9.17, 15) is 4.79 Å². The second kappa shape index (κ2) is 4.79. The molecule has 0 unspecified atom stereocenters. The zero-order valence-electron chi connectivity index (χ0n) is 9.14. The smallest absolute Gasteiger partial charge is 0.353 e. The lowest BCUT2D eigenvalue weighted by atomic mass is 10.1. The Morgan fingerprint density at radius 2 is 2.00 bits per heavy atom. The standard InChI is InChI=1S/C10H18N2O2/c1-5-7(12-10(2,3)4)6-8(11)9(13)14/h6,11-12H,5H2,1-4H3,(H,13,14)/b7-6-,11-8?. The average molecular weight is 198 g/mol. The fraction of sp³-hybridized carbons (Fsp3) is 0.600. The lowest BCUT2D eigenvalue weighted by molar-refractivity contribution is -0.129. The Labute approximate surface area is 84.5 Å². The highest BCUT2D eigenvalue weighted by Gasteiger charge is 2.11. The number of hydrogen-bond acceptors (Lipinski definition) is 3. The van der Waals surface area contributed by atoms with Crippen LogP contribution in [0.2, 0.25) is 0 Å². The highest BCUT2D eigenvalue weighted by Crippen LogP contribution is 2.06. The molecule has 0 amide bonds. The van der Waals surface area contributed by atoms with Crippen LogP contribution in [0.3, 0.4) is 0 Å². The van der Waals surface area contributed by atoms with Crippen molar-refractivity contribution >= 4 is 11.7 Å². The SMILES string of the molecule is CC/C(=C/C(=N)C(=O)O)NC(C)(C)C. The zero-order chi connectivity index (χ0) is 11.4. The van der Waals surface area contributed by atoms with Crippen molar-refractivity contribution in [3.8, 4) is 0 Å². The van der Waals surface area contributed by atoms with Crippen molar-refractivity contribution < 1.29 is 9.90 Å². The Morgan fingerprint density at radius 3 is 2.29 bits per heavy atom. The van der Waals surface area contributed by atoms with Crippen LogP contribution in [-0.4, -0.2) is 22.3 Å². The van der Waals surface area contributed by atoms with Crippen molar-refractivity contribution in [1.82, 2.24) is 5.32 Å². The third-order valence-corrected chi connectivity index (χ3v) is 1.47. The Kier molecular flexibility index (Phi) is 4.34. The zero-order valence-corrected chi connectivity index (χ0v) is 9.14. The van der Waals surface area contributed by atoms with Gasteiger partial charge in [0.05, 0.1) is 0 Å². The van der Waals surface area contributed by atoms with Crippen LogP contribution in [0, 0.1) is 5.41 Å². The van der Waals surface area contributed by atoms with E-state index in [4.69, 9.17) is 10.5 Å². The maximum absolute atomic E-state index is 10.4. The molecule has 0 aromatic heterocycles. The molecule has 0 bridgehead atoms. The number of rotatable bonds is 4. The normalized spacial score (nSPS) is 12.4. The van der Waals surface area contributed by atoms with Crippen LogP contribution in [-0.2, 0) is 4.79 Å². The lowest BCUT2D eigenvalue weighted by Gasteiger charge is -2.23. The van der Waals surface area contributed by atoms with E-state index in [-0.39, 0.29) is 5.54 Å². The molecule has 0 atom stereocenters. The molecule has 0 fully saturated rings. The molecule has 0 saturated carbocycles. The van der Waals surface area contributed by atoms with Gasteiger partial charge >= 0.3 is 5.97 Å². The molecule has 0 spiro atoms. The summed E-state index contributed by atoms with van der Waals surface area (Å²) in [5, 5.41) is 18.8. The van der Waals surface area contributed by atoms with Gasteiger partial charge in [-0.1, -0.05) is 6.92 Å². The molecule has 0 saturated heterocycles. The molecule has 4 heteroatoms. The van der Waals surface area contributed by atoms with Gasteiger partial charge in [-0.2, -0.15) is 0 Å². The van der Waals surface area contributed by atoms with Crippen LogP contribution in [0.15, 0.2) is 11.8 Å². The van der Waals surface area contributed by atoms with E-state index in [1.54, 1.807) is 0 Å². The number of carbonyl (C=O) groups is 1. The number of hydrogen-bond donors (Lipinski definition) is 3. The van der Waals surface area contributed by atoms with Crippen molar-refractivity contribution in [1.29, 1.82) is 5.41 Å². The first-order valence-electron chi connectivity index (χ1n) is 4.57. The predicted molar refractivity (Wildman–Crippen MR) is 56.6 cm³/mol. The van der Waals surface area contributed by atoms with E-state index in [0.717, 1.165) is 5.70 Å². The molecular formula is C10H18N2O2. The second-order valence-electron chi connectivity index (χ2n) is 4.12. The Bertz CT molecular complexity index is 262. The van der Waals surface area contributed by atoms with Gasteiger partial charge in [0.25, 0.3) is 0 Å². The first-order chi connectivity index (χ1) is 6.26. The van der Waals surface area contributed by atoms with Crippen molar-refractivity contribution in [3.63, 3.8) is 0 Å². The first kappa shape index (κ1) is 12.7. The maximum atomic E-state index is 10.4. The van der Waals surface area contributed by atoms with Crippen LogP contribution in [0.1, 0.15) is 34.1 Å². The molecule has 0 rings (SSSR count). The summed E-state index contributed by atoms with van der Waals surface area (Å²) in [6.07, 6.45) is 2.04. The third-order valence-electron chi connectivity index (χ3n) is 1.47. The van der Waals surface area contributed by atoms with Crippen molar-refractivity contribution in [2.24, 2.45) is 0 Å². The summed E-state index contributed by atoms with van der Waals surface area (Å²) in [5.41, 5.74) is 0.268. The number of carboxylic acid groups (broad SMARTS) is 1. The van der Waals surface area contributed by atoms with E-state index in [1.165, 1.54) is 6.08 Å². The molecule has 0 radical (unpaired) electrons. The van der Waals surface area contributed by atoms with Crippen LogP contribution >= 0.6 is 0 Å². The predicted octanol–water partition coefficient (Wildman–Crippen LogP) is 1.77. The molecular weight excluding hydrogens is 180 g/mol. The molecule has 0 aliphatic rings. The van der Waals surface area contributed by atoms with Gasteiger partial charge in [-0.3, -0.25) is 5.41 Å². The van der Waals surface area contributed by atoms with Gasteiger partial charge in [0.15, 0.2) is 0 Å². The number of allylic oxidation sites excluding steroid dienone is 1. The third kappa shape index (κ3) is 5.35. The van der Waals surface area contributed by atoms with Gasteiger partial charge in [-0.05, 0) is 33.3 Å². The van der Waals surface area contributed by atoms with Gasteiger partial charge in [0.2, 0.25) is 0 Å². The fourth-order valence-electron chi connectivity index (χ4n) is 0.944. The first-order valence-corrected chi connectivity index (χ1v) is 4.57. The topological polar surface area (TPSA) is 73.2 Å². The largest absolute Gasteiger partial charge is 0.477 e. The van der Waals surface area contributed by atoms with Crippen LogP contribution in [0.5, 0.6) is 0 Å². The van der Waals surface area contributed by atoms with E-state index >= 15 is 0 Å². The van der Waals surface area contributed by atoms with Gasteiger partial charge in [-0.25, -0.2) is 4.79 Å². The second-order valence-corrected chi connectivity index (χ2v) is 4.12. The Morgan fingerprint density at radius 1 is 1.50 bits per heavy atom. The van der Waals surface area contributed by atoms with E-state index < -0.39 is 11.7 Å². The molecule has 0 aromatic carbocycles. The van der Waals surface area contributed by atoms with Gasteiger partial charge < -0.3 is 10.4 Å². The van der Waals surface area contributed by atoms with Crippen LogP contribution in [0.4, 0.5) is 0 Å². The minimum absolute atomic E-state index is 0.110. The summed E-state index contributed by atoms with van der Waals surface area (Å²) in [4.78, 5) is 10.4. The minimum Gasteiger partial charge on any atom is -0.477 e. The van der Waals surface area contributed by atoms with E-state index in [1.807, 2.05) is 27.7 Å². The lowest BCUT2D eigenvalue weighted by Crippen LogP contribution is -2.35. The van der Waals surface area contributed by atoms with Gasteiger partial charge in [-0.15, -0.1) is 0 Å². The van der Waals surface area contributed by atoms with Crippen molar-refractivity contribution in [2.45, 2.75) is 39.7 Å². The molecule has 4 nitrogen and oxygen atoms in total. The number of aliphatic carboxylic acids is 1. The van der Waals surface area contributed by atoms with Crippen LogP contribution in [0.25, 0.3) is 0 Å². The van der Waals surface area contributed by atoms with Crippen molar-refractivity contribution in [2.75, 3.05) is 0 Å².